The minimum atomic E-state index is -0.942. The highest BCUT2D eigenvalue weighted by Gasteiger charge is 2.30. The van der Waals surface area contributed by atoms with Crippen molar-refractivity contribution in [3.63, 3.8) is 0 Å². The maximum Gasteiger partial charge on any atom is 0.326 e. The van der Waals surface area contributed by atoms with E-state index in [1.54, 1.807) is 12.4 Å². The van der Waals surface area contributed by atoms with Gasteiger partial charge in [-0.25, -0.2) is 9.59 Å². The number of carboxylic acid groups (broad SMARTS) is 1. The molecule has 1 fully saturated rings. The highest BCUT2D eigenvalue weighted by Crippen LogP contribution is 2.17. The summed E-state index contributed by atoms with van der Waals surface area (Å²) >= 11 is 0. The Hall–Kier alpha value is -2.18. The highest BCUT2D eigenvalue weighted by molar-refractivity contribution is 5.82. The zero-order valence-corrected chi connectivity index (χ0v) is 12.1. The molecule has 7 heteroatoms. The minimum Gasteiger partial charge on any atom is -0.480 e. The van der Waals surface area contributed by atoms with Gasteiger partial charge in [-0.1, -0.05) is 12.8 Å². The highest BCUT2D eigenvalue weighted by atomic mass is 16.4. The zero-order valence-electron chi connectivity index (χ0n) is 12.1. The summed E-state index contributed by atoms with van der Waals surface area (Å²) in [6.45, 7) is 2.56. The number of likely N-dealkylation sites (tertiary alicyclic amines) is 1. The molecule has 1 aliphatic rings. The molecule has 0 radical (unpaired) electrons. The maximum absolute atomic E-state index is 12.2. The van der Waals surface area contributed by atoms with Crippen LogP contribution < -0.4 is 5.32 Å². The van der Waals surface area contributed by atoms with E-state index in [0.29, 0.717) is 18.7 Å². The summed E-state index contributed by atoms with van der Waals surface area (Å²) in [4.78, 5) is 33.2. The number of nitrogens with one attached hydrogen (secondary N) is 1. The molecular formula is C14H20N4O3. The van der Waals surface area contributed by atoms with Crippen LogP contribution >= 0.6 is 0 Å². The van der Waals surface area contributed by atoms with Crippen LogP contribution in [0, 0.1) is 6.92 Å². The lowest BCUT2D eigenvalue weighted by Gasteiger charge is -2.27. The number of carbonyl (C=O) groups is 2. The Balaban J connectivity index is 1.96. The fourth-order valence-electron chi connectivity index (χ4n) is 2.39. The number of nitrogens with zero attached hydrogens (tertiary/aromatic N) is 3. The van der Waals surface area contributed by atoms with Crippen LogP contribution in [0.3, 0.4) is 0 Å². The summed E-state index contributed by atoms with van der Waals surface area (Å²) in [7, 11) is 0. The van der Waals surface area contributed by atoms with Gasteiger partial charge in [-0.3, -0.25) is 9.97 Å². The predicted molar refractivity (Wildman–Crippen MR) is 75.6 cm³/mol. The summed E-state index contributed by atoms with van der Waals surface area (Å²) in [5, 5.41) is 12.0. The fraction of sp³-hybridized carbons (Fsp3) is 0.571. The van der Waals surface area contributed by atoms with Gasteiger partial charge < -0.3 is 15.3 Å². The van der Waals surface area contributed by atoms with E-state index in [1.807, 2.05) is 6.92 Å². The molecule has 0 bridgehead atoms. The second-order valence-electron chi connectivity index (χ2n) is 5.20. The van der Waals surface area contributed by atoms with Gasteiger partial charge in [0.05, 0.1) is 24.1 Å². The van der Waals surface area contributed by atoms with Crippen LogP contribution in [0.1, 0.15) is 37.1 Å². The van der Waals surface area contributed by atoms with Gasteiger partial charge >= 0.3 is 12.0 Å². The fourth-order valence-corrected chi connectivity index (χ4v) is 2.39. The molecule has 7 nitrogen and oxygen atoms in total. The number of aryl methyl sites for hydroxylation is 1. The average molecular weight is 292 g/mol. The third-order valence-electron chi connectivity index (χ3n) is 3.55. The first-order valence-electron chi connectivity index (χ1n) is 7.12. The van der Waals surface area contributed by atoms with E-state index in [1.165, 1.54) is 4.90 Å². The lowest BCUT2D eigenvalue weighted by Crippen LogP contribution is -2.49. The van der Waals surface area contributed by atoms with Crippen molar-refractivity contribution in [1.82, 2.24) is 20.2 Å². The van der Waals surface area contributed by atoms with Gasteiger partial charge in [-0.05, 0) is 19.8 Å². The lowest BCUT2D eigenvalue weighted by molar-refractivity contribution is -0.142. The molecule has 2 N–H and O–H groups in total. The standard InChI is InChI=1S/C14H20N4O3/c1-10-7-16-11(8-15-10)9-17-14(21)18-6-4-2-3-5-12(18)13(19)20/h7-8,12H,2-6,9H2,1H3,(H,17,21)(H,19,20). The van der Waals surface area contributed by atoms with E-state index in [4.69, 9.17) is 0 Å². The smallest absolute Gasteiger partial charge is 0.326 e. The van der Waals surface area contributed by atoms with E-state index in [2.05, 4.69) is 15.3 Å². The molecule has 0 saturated carbocycles. The molecule has 1 saturated heterocycles. The average Bonchev–Trinajstić information content (AvgIpc) is 2.72. The summed E-state index contributed by atoms with van der Waals surface area (Å²) in [5.74, 6) is -0.942. The molecule has 1 unspecified atom stereocenters. The molecule has 2 rings (SSSR count). The number of carboxylic acids is 1. The summed E-state index contributed by atoms with van der Waals surface area (Å²) in [6, 6.07) is -1.09. The molecule has 1 aliphatic heterocycles. The van der Waals surface area contributed by atoms with Gasteiger partial charge in [-0.2, -0.15) is 0 Å². The number of rotatable bonds is 3. The first-order valence-corrected chi connectivity index (χ1v) is 7.12. The van der Waals surface area contributed by atoms with Crippen molar-refractivity contribution in [2.45, 2.75) is 45.2 Å². The number of amides is 2. The second-order valence-corrected chi connectivity index (χ2v) is 5.20. The zero-order chi connectivity index (χ0) is 15.2. The number of aromatic nitrogens is 2. The van der Waals surface area contributed by atoms with E-state index in [9.17, 15) is 14.7 Å². The normalized spacial score (nSPS) is 18.9. The van der Waals surface area contributed by atoms with Gasteiger partial charge in [0.2, 0.25) is 0 Å². The van der Waals surface area contributed by atoms with Gasteiger partial charge in [0.25, 0.3) is 0 Å². The van der Waals surface area contributed by atoms with E-state index >= 15 is 0 Å². The molecule has 0 aliphatic carbocycles. The molecule has 1 atom stereocenters. The summed E-state index contributed by atoms with van der Waals surface area (Å²) in [5.41, 5.74) is 1.46. The van der Waals surface area contributed by atoms with Crippen molar-refractivity contribution in [1.29, 1.82) is 0 Å². The molecular weight excluding hydrogens is 272 g/mol. The van der Waals surface area contributed by atoms with Crippen LogP contribution in [-0.4, -0.2) is 44.6 Å². The van der Waals surface area contributed by atoms with Crippen molar-refractivity contribution in [2.75, 3.05) is 6.54 Å². The third-order valence-corrected chi connectivity index (χ3v) is 3.55. The minimum absolute atomic E-state index is 0.245. The number of aliphatic carboxylic acids is 1. The van der Waals surface area contributed by atoms with Crippen molar-refractivity contribution < 1.29 is 14.7 Å². The number of hydrogen-bond donors (Lipinski definition) is 2. The molecule has 1 aromatic rings. The summed E-state index contributed by atoms with van der Waals surface area (Å²) in [6.07, 6.45) is 6.37. The van der Waals surface area contributed by atoms with E-state index in [-0.39, 0.29) is 12.6 Å². The Kier molecular flexibility index (Phi) is 5.08. The van der Waals surface area contributed by atoms with Gasteiger partial charge in [0.1, 0.15) is 6.04 Å². The SMILES string of the molecule is Cc1cnc(CNC(=O)N2CCCCCC2C(=O)O)cn1. The third kappa shape index (κ3) is 4.14. The van der Waals surface area contributed by atoms with Crippen LogP contribution in [0.2, 0.25) is 0 Å². The first-order chi connectivity index (χ1) is 10.1. The number of hydrogen-bond acceptors (Lipinski definition) is 4. The maximum atomic E-state index is 12.2. The van der Waals surface area contributed by atoms with Crippen LogP contribution in [-0.2, 0) is 11.3 Å². The first kappa shape index (κ1) is 15.2. The molecule has 2 heterocycles. The molecule has 114 valence electrons. The summed E-state index contributed by atoms with van der Waals surface area (Å²) < 4.78 is 0. The quantitative estimate of drug-likeness (QED) is 0.876. The van der Waals surface area contributed by atoms with Crippen LogP contribution in [0.5, 0.6) is 0 Å². The molecule has 0 spiro atoms. The molecule has 2 amide bonds. The van der Waals surface area contributed by atoms with Crippen molar-refractivity contribution in [3.05, 3.63) is 23.8 Å². The van der Waals surface area contributed by atoms with Gasteiger partial charge in [0.15, 0.2) is 0 Å². The Bertz CT molecular complexity index is 503. The van der Waals surface area contributed by atoms with Crippen LogP contribution in [0.4, 0.5) is 4.79 Å². The lowest BCUT2D eigenvalue weighted by atomic mass is 10.1. The Morgan fingerprint density at radius 2 is 2.14 bits per heavy atom. The van der Waals surface area contributed by atoms with Gasteiger partial charge in [-0.15, -0.1) is 0 Å². The van der Waals surface area contributed by atoms with Crippen LogP contribution in [0.15, 0.2) is 12.4 Å². The molecule has 21 heavy (non-hydrogen) atoms. The number of carbonyl (C=O) groups excluding carboxylic acids is 1. The van der Waals surface area contributed by atoms with Crippen LogP contribution in [0.25, 0.3) is 0 Å². The topological polar surface area (TPSA) is 95.4 Å². The second kappa shape index (κ2) is 7.01. The Labute approximate surface area is 123 Å². The van der Waals surface area contributed by atoms with E-state index < -0.39 is 12.0 Å². The Morgan fingerprint density at radius 3 is 2.81 bits per heavy atom. The van der Waals surface area contributed by atoms with E-state index in [0.717, 1.165) is 25.0 Å². The molecule has 1 aromatic heterocycles. The van der Waals surface area contributed by atoms with Gasteiger partial charge in [0, 0.05) is 12.7 Å². The molecule has 0 aromatic carbocycles. The Morgan fingerprint density at radius 1 is 1.33 bits per heavy atom. The largest absolute Gasteiger partial charge is 0.480 e. The van der Waals surface area contributed by atoms with Crippen molar-refractivity contribution in [2.24, 2.45) is 0 Å². The monoisotopic (exact) mass is 292 g/mol. The van der Waals surface area contributed by atoms with Crippen molar-refractivity contribution >= 4 is 12.0 Å². The predicted octanol–water partition coefficient (Wildman–Crippen LogP) is 1.32. The number of urea groups is 1. The van der Waals surface area contributed by atoms with Crippen molar-refractivity contribution in [3.8, 4) is 0 Å².